The Balaban J connectivity index is 1.19. The number of hydrogen-bond acceptors (Lipinski definition) is 1. The van der Waals surface area contributed by atoms with E-state index in [4.69, 9.17) is 0 Å². The van der Waals surface area contributed by atoms with Gasteiger partial charge < -0.3 is 4.90 Å². The fourth-order valence-electron chi connectivity index (χ4n) is 10.0. The lowest BCUT2D eigenvalue weighted by atomic mass is 9.69. The van der Waals surface area contributed by atoms with Crippen molar-refractivity contribution in [3.8, 4) is 44.5 Å². The molecule has 1 heteroatoms. The van der Waals surface area contributed by atoms with E-state index in [2.05, 4.69) is 207 Å². The number of rotatable bonds is 5. The molecular formula is C52H37N. The Morgan fingerprint density at radius 2 is 0.811 bits per heavy atom. The van der Waals surface area contributed by atoms with Crippen molar-refractivity contribution in [3.63, 3.8) is 0 Å². The van der Waals surface area contributed by atoms with Gasteiger partial charge in [-0.15, -0.1) is 0 Å². The molecule has 0 amide bonds. The molecule has 0 aliphatic heterocycles. The maximum atomic E-state index is 2.52. The quantitative estimate of drug-likeness (QED) is 0.175. The summed E-state index contributed by atoms with van der Waals surface area (Å²) in [5.41, 5.74) is 21.4. The molecule has 0 spiro atoms. The summed E-state index contributed by atoms with van der Waals surface area (Å²) in [6, 6.07) is 70.1. The fraction of sp³-hybridized carbons (Fsp3) is 0.0769. The van der Waals surface area contributed by atoms with E-state index in [1.54, 1.807) is 0 Å². The van der Waals surface area contributed by atoms with Gasteiger partial charge in [0.05, 0.1) is 11.1 Å². The molecule has 8 aromatic carbocycles. The molecule has 0 saturated carbocycles. The van der Waals surface area contributed by atoms with Gasteiger partial charge in [0.2, 0.25) is 0 Å². The molecule has 3 aliphatic rings. The number of benzene rings is 8. The summed E-state index contributed by atoms with van der Waals surface area (Å²) >= 11 is 0. The van der Waals surface area contributed by atoms with Crippen LogP contribution in [0, 0.1) is 0 Å². The van der Waals surface area contributed by atoms with Gasteiger partial charge in [-0.1, -0.05) is 172 Å². The number of fused-ring (bicyclic) bond motifs is 9. The lowest BCUT2D eigenvalue weighted by Crippen LogP contribution is -2.28. The second-order valence-corrected chi connectivity index (χ2v) is 15.2. The molecule has 0 radical (unpaired) electrons. The van der Waals surface area contributed by atoms with Gasteiger partial charge in [0.25, 0.3) is 0 Å². The number of hydrogen-bond donors (Lipinski definition) is 0. The van der Waals surface area contributed by atoms with E-state index in [9.17, 15) is 0 Å². The molecule has 0 saturated heterocycles. The van der Waals surface area contributed by atoms with Crippen LogP contribution in [0.15, 0.2) is 188 Å². The molecule has 0 atom stereocenters. The van der Waals surface area contributed by atoms with Crippen molar-refractivity contribution in [1.82, 2.24) is 0 Å². The van der Waals surface area contributed by atoms with Crippen molar-refractivity contribution in [2.75, 3.05) is 4.90 Å². The van der Waals surface area contributed by atoms with Crippen LogP contribution in [0.3, 0.4) is 0 Å². The highest BCUT2D eigenvalue weighted by Gasteiger charge is 2.53. The van der Waals surface area contributed by atoms with Crippen molar-refractivity contribution >= 4 is 17.1 Å². The predicted molar refractivity (Wildman–Crippen MR) is 220 cm³/mol. The highest BCUT2D eigenvalue weighted by molar-refractivity contribution is 6.00. The van der Waals surface area contributed by atoms with E-state index < -0.39 is 5.41 Å². The average Bonchev–Trinajstić information content (AvgIpc) is 3.78. The third-order valence-corrected chi connectivity index (χ3v) is 12.3. The second-order valence-electron chi connectivity index (χ2n) is 15.2. The van der Waals surface area contributed by atoms with Crippen LogP contribution in [0.2, 0.25) is 0 Å². The maximum Gasteiger partial charge on any atom is 0.0745 e. The van der Waals surface area contributed by atoms with Crippen LogP contribution in [-0.2, 0) is 10.8 Å². The predicted octanol–water partition coefficient (Wildman–Crippen LogP) is 13.5. The van der Waals surface area contributed by atoms with Crippen LogP contribution in [-0.4, -0.2) is 0 Å². The summed E-state index contributed by atoms with van der Waals surface area (Å²) in [5, 5.41) is 0. The summed E-state index contributed by atoms with van der Waals surface area (Å²) in [6.07, 6.45) is 0. The summed E-state index contributed by atoms with van der Waals surface area (Å²) in [6.45, 7) is 4.74. The molecule has 0 bridgehead atoms. The summed E-state index contributed by atoms with van der Waals surface area (Å²) < 4.78 is 0. The van der Waals surface area contributed by atoms with E-state index in [1.807, 2.05) is 0 Å². The Morgan fingerprint density at radius 1 is 0.340 bits per heavy atom. The van der Waals surface area contributed by atoms with Crippen molar-refractivity contribution in [1.29, 1.82) is 0 Å². The van der Waals surface area contributed by atoms with Crippen LogP contribution >= 0.6 is 0 Å². The Labute approximate surface area is 311 Å². The molecule has 0 N–H and O–H groups in total. The van der Waals surface area contributed by atoms with Crippen molar-refractivity contribution < 1.29 is 0 Å². The second kappa shape index (κ2) is 11.0. The number of para-hydroxylation sites is 1. The van der Waals surface area contributed by atoms with E-state index in [-0.39, 0.29) is 5.41 Å². The Morgan fingerprint density at radius 3 is 1.47 bits per heavy atom. The highest BCUT2D eigenvalue weighted by Crippen LogP contribution is 2.65. The lowest BCUT2D eigenvalue weighted by Gasteiger charge is -2.37. The fourth-order valence-corrected chi connectivity index (χ4v) is 10.0. The number of nitrogens with zero attached hydrogens (tertiary/aromatic N) is 1. The molecular weight excluding hydrogens is 639 g/mol. The first kappa shape index (κ1) is 30.2. The monoisotopic (exact) mass is 675 g/mol. The zero-order valence-electron chi connectivity index (χ0n) is 29.8. The van der Waals surface area contributed by atoms with Gasteiger partial charge in [0.15, 0.2) is 0 Å². The van der Waals surface area contributed by atoms with Gasteiger partial charge in [-0.05, 0) is 108 Å². The molecule has 0 aromatic heterocycles. The highest BCUT2D eigenvalue weighted by atomic mass is 15.1. The van der Waals surface area contributed by atoms with Crippen molar-refractivity contribution in [2.24, 2.45) is 0 Å². The minimum atomic E-state index is -0.468. The van der Waals surface area contributed by atoms with Crippen molar-refractivity contribution in [3.05, 3.63) is 221 Å². The van der Waals surface area contributed by atoms with Gasteiger partial charge in [-0.25, -0.2) is 0 Å². The van der Waals surface area contributed by atoms with Crippen LogP contribution in [0.25, 0.3) is 44.5 Å². The topological polar surface area (TPSA) is 3.24 Å². The maximum absolute atomic E-state index is 2.52. The molecule has 8 aromatic rings. The Kier molecular flexibility index (Phi) is 6.29. The van der Waals surface area contributed by atoms with Gasteiger partial charge in [0.1, 0.15) is 0 Å². The smallest absolute Gasteiger partial charge is 0.0745 e. The molecule has 250 valence electrons. The van der Waals surface area contributed by atoms with Crippen LogP contribution in [0.4, 0.5) is 17.1 Å². The average molecular weight is 676 g/mol. The zero-order valence-corrected chi connectivity index (χ0v) is 29.8. The van der Waals surface area contributed by atoms with Gasteiger partial charge >= 0.3 is 0 Å². The first-order valence-corrected chi connectivity index (χ1v) is 18.7. The molecule has 53 heavy (non-hydrogen) atoms. The molecule has 0 unspecified atom stereocenters. The van der Waals surface area contributed by atoms with Gasteiger partial charge in [0, 0.05) is 16.8 Å². The van der Waals surface area contributed by atoms with Gasteiger partial charge in [-0.3, -0.25) is 0 Å². The van der Waals surface area contributed by atoms with E-state index in [0.29, 0.717) is 0 Å². The first-order valence-electron chi connectivity index (χ1n) is 18.7. The van der Waals surface area contributed by atoms with Crippen LogP contribution in [0.1, 0.15) is 47.2 Å². The first-order chi connectivity index (χ1) is 26.1. The SMILES string of the molecule is CC1(C)c2ccccc2-c2ccc(N(c3ccc(-c4ccccc4)cc3)c3ccccc3C34c5ccccc5-c5cccc(c53)-c3ccccc34)cc21. The summed E-state index contributed by atoms with van der Waals surface area (Å²) in [4.78, 5) is 2.52. The number of anilines is 3. The van der Waals surface area contributed by atoms with Crippen LogP contribution in [0.5, 0.6) is 0 Å². The van der Waals surface area contributed by atoms with Gasteiger partial charge in [-0.2, -0.15) is 0 Å². The third-order valence-electron chi connectivity index (χ3n) is 12.3. The minimum absolute atomic E-state index is 0.119. The molecule has 0 heterocycles. The normalized spacial score (nSPS) is 14.5. The lowest BCUT2D eigenvalue weighted by molar-refractivity contribution is 0.660. The van der Waals surface area contributed by atoms with Crippen molar-refractivity contribution in [2.45, 2.75) is 24.7 Å². The standard InChI is InChI=1S/C52H37N/c1-51(2)44-22-9-6-17-38(44)41-32-31-37(33-48(41)51)53(36-29-27-35(28-30-36)34-15-4-3-5-16-34)49-26-13-12-25-47(49)52-45-23-10-7-18-39(45)42-20-14-21-43(50(42)52)40-19-8-11-24-46(40)52/h3-33H,1-2H3. The minimum Gasteiger partial charge on any atom is -0.310 e. The van der Waals surface area contributed by atoms with E-state index in [0.717, 1.165) is 11.4 Å². The molecule has 1 nitrogen and oxygen atoms in total. The summed E-state index contributed by atoms with van der Waals surface area (Å²) in [5.74, 6) is 0. The van der Waals surface area contributed by atoms with E-state index >= 15 is 0 Å². The molecule has 0 fully saturated rings. The molecule has 11 rings (SSSR count). The third kappa shape index (κ3) is 4.02. The largest absolute Gasteiger partial charge is 0.310 e. The molecule has 3 aliphatic carbocycles. The zero-order chi connectivity index (χ0) is 35.3. The Hall–Kier alpha value is -6.44. The summed E-state index contributed by atoms with van der Waals surface area (Å²) in [7, 11) is 0. The van der Waals surface area contributed by atoms with E-state index in [1.165, 1.54) is 83.6 Å². The van der Waals surface area contributed by atoms with Crippen LogP contribution < -0.4 is 4.90 Å². The Bertz CT molecular complexity index is 2690.